The van der Waals surface area contributed by atoms with E-state index in [4.69, 9.17) is 0 Å². The van der Waals surface area contributed by atoms with E-state index in [-0.39, 0.29) is 5.78 Å². The third-order valence-electron chi connectivity index (χ3n) is 2.81. The van der Waals surface area contributed by atoms with Crippen molar-refractivity contribution in [2.24, 2.45) is 0 Å². The largest absolute Gasteiger partial charge is 0.294 e. The number of rotatable bonds is 3. The number of Topliss-reactive ketones (excluding diaryl/α,β-unsaturated/α-hetero) is 1. The van der Waals surface area contributed by atoms with Crippen molar-refractivity contribution in [1.82, 2.24) is 15.0 Å². The van der Waals surface area contributed by atoms with E-state index in [0.29, 0.717) is 17.5 Å². The van der Waals surface area contributed by atoms with Gasteiger partial charge in [0.05, 0.1) is 28.2 Å². The number of carbonyl (C=O) groups excluding carboxylic acids is 1. The molecule has 0 aliphatic heterocycles. The Morgan fingerprint density at radius 1 is 1.26 bits per heavy atom. The van der Waals surface area contributed by atoms with Crippen LogP contribution in [0.25, 0.3) is 11.0 Å². The van der Waals surface area contributed by atoms with Gasteiger partial charge in [-0.2, -0.15) is 0 Å². The Hall–Kier alpha value is -2.14. The van der Waals surface area contributed by atoms with Gasteiger partial charge in [-0.05, 0) is 19.1 Å². The van der Waals surface area contributed by atoms with Gasteiger partial charge in [0.2, 0.25) is 0 Å². The van der Waals surface area contributed by atoms with Crippen LogP contribution < -0.4 is 0 Å². The molecule has 3 aromatic rings. The van der Waals surface area contributed by atoms with E-state index in [1.54, 1.807) is 29.8 Å². The summed E-state index contributed by atoms with van der Waals surface area (Å²) < 4.78 is 0. The molecule has 0 aliphatic rings. The van der Waals surface area contributed by atoms with Gasteiger partial charge in [-0.25, -0.2) is 4.98 Å². The van der Waals surface area contributed by atoms with Crippen LogP contribution in [0.1, 0.15) is 21.1 Å². The van der Waals surface area contributed by atoms with Gasteiger partial charge in [0.15, 0.2) is 5.78 Å². The average molecular weight is 269 g/mol. The molecule has 0 fully saturated rings. The summed E-state index contributed by atoms with van der Waals surface area (Å²) >= 11 is 1.55. The number of carbonyl (C=O) groups is 1. The number of nitrogens with zero attached hydrogens (tertiary/aromatic N) is 3. The normalized spacial score (nSPS) is 10.8. The van der Waals surface area contributed by atoms with E-state index in [1.807, 2.05) is 24.4 Å². The molecular weight excluding hydrogens is 258 g/mol. The minimum atomic E-state index is 0.0244. The molecule has 0 amide bonds. The molecule has 1 aromatic carbocycles. The monoisotopic (exact) mass is 269 g/mol. The maximum atomic E-state index is 12.3. The van der Waals surface area contributed by atoms with E-state index < -0.39 is 0 Å². The summed E-state index contributed by atoms with van der Waals surface area (Å²) in [7, 11) is 0. The Morgan fingerprint density at radius 3 is 2.89 bits per heavy atom. The van der Waals surface area contributed by atoms with Gasteiger partial charge < -0.3 is 0 Å². The smallest absolute Gasteiger partial charge is 0.171 e. The maximum Gasteiger partial charge on any atom is 0.171 e. The van der Waals surface area contributed by atoms with Crippen molar-refractivity contribution >= 4 is 28.2 Å². The van der Waals surface area contributed by atoms with E-state index in [1.165, 1.54) is 0 Å². The highest BCUT2D eigenvalue weighted by molar-refractivity contribution is 7.09. The van der Waals surface area contributed by atoms with Gasteiger partial charge >= 0.3 is 0 Å². The molecule has 2 heterocycles. The van der Waals surface area contributed by atoms with Crippen molar-refractivity contribution in [2.75, 3.05) is 0 Å². The molecule has 2 aromatic heterocycles. The average Bonchev–Trinajstić information content (AvgIpc) is 2.83. The molecule has 5 heteroatoms. The van der Waals surface area contributed by atoms with Crippen LogP contribution in [-0.4, -0.2) is 20.7 Å². The molecular formula is C14H11N3OS. The van der Waals surface area contributed by atoms with Crippen LogP contribution in [0, 0.1) is 6.92 Å². The fourth-order valence-electron chi connectivity index (χ4n) is 1.97. The lowest BCUT2D eigenvalue weighted by molar-refractivity contribution is 0.0993. The van der Waals surface area contributed by atoms with Crippen LogP contribution in [0.15, 0.2) is 36.0 Å². The summed E-state index contributed by atoms with van der Waals surface area (Å²) in [6, 6.07) is 5.47. The number of benzene rings is 1. The summed E-state index contributed by atoms with van der Waals surface area (Å²) in [6.45, 7) is 1.93. The number of thiazole rings is 1. The first-order chi connectivity index (χ1) is 9.24. The van der Waals surface area contributed by atoms with E-state index in [0.717, 1.165) is 16.2 Å². The number of aromatic nitrogens is 3. The van der Waals surface area contributed by atoms with Gasteiger partial charge in [0.25, 0.3) is 0 Å². The number of aryl methyl sites for hydroxylation is 1. The summed E-state index contributed by atoms with van der Waals surface area (Å²) in [5.74, 6) is 0.0244. The molecule has 0 atom stereocenters. The van der Waals surface area contributed by atoms with Gasteiger partial charge in [-0.1, -0.05) is 6.07 Å². The van der Waals surface area contributed by atoms with Crippen LogP contribution in [0.3, 0.4) is 0 Å². The SMILES string of the molecule is Cc1nc(CC(=O)c2cccc3nccnc23)cs1. The van der Waals surface area contributed by atoms with Gasteiger partial charge in [-0.3, -0.25) is 14.8 Å². The van der Waals surface area contributed by atoms with Gasteiger partial charge in [0.1, 0.15) is 0 Å². The summed E-state index contributed by atoms with van der Waals surface area (Å²) in [5.41, 5.74) is 2.81. The molecule has 94 valence electrons. The third kappa shape index (κ3) is 2.37. The van der Waals surface area contributed by atoms with Gasteiger partial charge in [0, 0.05) is 23.3 Å². The van der Waals surface area contributed by atoms with Crippen molar-refractivity contribution < 1.29 is 4.79 Å². The molecule has 0 bridgehead atoms. The molecule has 0 radical (unpaired) electrons. The van der Waals surface area contributed by atoms with Crippen LogP contribution in [0.5, 0.6) is 0 Å². The molecule has 19 heavy (non-hydrogen) atoms. The van der Waals surface area contributed by atoms with Crippen LogP contribution in [0.2, 0.25) is 0 Å². The lowest BCUT2D eigenvalue weighted by Crippen LogP contribution is -2.05. The standard InChI is InChI=1S/C14H11N3OS/c1-9-17-10(8-19-9)7-13(18)11-3-2-4-12-14(11)16-6-5-15-12/h2-6,8H,7H2,1H3. The minimum Gasteiger partial charge on any atom is -0.294 e. The van der Waals surface area contributed by atoms with E-state index in [9.17, 15) is 4.79 Å². The van der Waals surface area contributed by atoms with Crippen LogP contribution in [-0.2, 0) is 6.42 Å². The Kier molecular flexibility index (Phi) is 3.05. The zero-order valence-electron chi connectivity index (χ0n) is 10.3. The van der Waals surface area contributed by atoms with Crippen LogP contribution >= 0.6 is 11.3 Å². The molecule has 0 aliphatic carbocycles. The Bertz CT molecular complexity index is 746. The lowest BCUT2D eigenvalue weighted by atomic mass is 10.1. The fraction of sp³-hybridized carbons (Fsp3) is 0.143. The molecule has 4 nitrogen and oxygen atoms in total. The zero-order chi connectivity index (χ0) is 13.2. The number of ketones is 1. The molecule has 0 saturated heterocycles. The molecule has 0 unspecified atom stereocenters. The maximum absolute atomic E-state index is 12.3. The van der Waals surface area contributed by atoms with Crippen molar-refractivity contribution in [1.29, 1.82) is 0 Å². The van der Waals surface area contributed by atoms with Crippen molar-refractivity contribution in [3.05, 3.63) is 52.2 Å². The Labute approximate surface area is 114 Å². The summed E-state index contributed by atoms with van der Waals surface area (Å²) in [5, 5.41) is 2.89. The highest BCUT2D eigenvalue weighted by Crippen LogP contribution is 2.17. The van der Waals surface area contributed by atoms with E-state index in [2.05, 4.69) is 15.0 Å². The lowest BCUT2D eigenvalue weighted by Gasteiger charge is -2.02. The predicted octanol–water partition coefficient (Wildman–Crippen LogP) is 2.82. The first-order valence-corrected chi connectivity index (χ1v) is 6.76. The van der Waals surface area contributed by atoms with Crippen LogP contribution in [0.4, 0.5) is 0 Å². The zero-order valence-corrected chi connectivity index (χ0v) is 11.1. The number of para-hydroxylation sites is 1. The third-order valence-corrected chi connectivity index (χ3v) is 3.63. The first-order valence-electron chi connectivity index (χ1n) is 5.88. The predicted molar refractivity (Wildman–Crippen MR) is 74.4 cm³/mol. The second kappa shape index (κ2) is 4.85. The highest BCUT2D eigenvalue weighted by atomic mass is 32.1. The second-order valence-corrected chi connectivity index (χ2v) is 5.25. The fourth-order valence-corrected chi connectivity index (χ4v) is 2.58. The number of hydrogen-bond acceptors (Lipinski definition) is 5. The highest BCUT2D eigenvalue weighted by Gasteiger charge is 2.13. The number of hydrogen-bond donors (Lipinski definition) is 0. The minimum absolute atomic E-state index is 0.0244. The Morgan fingerprint density at radius 2 is 2.11 bits per heavy atom. The van der Waals surface area contributed by atoms with E-state index >= 15 is 0 Å². The van der Waals surface area contributed by atoms with Gasteiger partial charge in [-0.15, -0.1) is 11.3 Å². The topological polar surface area (TPSA) is 55.7 Å². The summed E-state index contributed by atoms with van der Waals surface area (Å²) in [4.78, 5) is 25.1. The summed E-state index contributed by atoms with van der Waals surface area (Å²) in [6.07, 6.45) is 3.53. The van der Waals surface area contributed by atoms with Crippen molar-refractivity contribution in [3.8, 4) is 0 Å². The molecule has 0 N–H and O–H groups in total. The molecule has 0 saturated carbocycles. The quantitative estimate of drug-likeness (QED) is 0.686. The number of fused-ring (bicyclic) bond motifs is 1. The second-order valence-electron chi connectivity index (χ2n) is 4.19. The molecule has 3 rings (SSSR count). The first kappa shape index (κ1) is 11.9. The molecule has 0 spiro atoms. The Balaban J connectivity index is 1.97. The van der Waals surface area contributed by atoms with Crippen molar-refractivity contribution in [3.63, 3.8) is 0 Å². The van der Waals surface area contributed by atoms with Crippen molar-refractivity contribution in [2.45, 2.75) is 13.3 Å².